The maximum atomic E-state index is 6.13. The number of nitrogens with zero attached hydrogens (tertiary/aromatic N) is 1. The summed E-state index contributed by atoms with van der Waals surface area (Å²) in [6.07, 6.45) is 8.17. The highest BCUT2D eigenvalue weighted by Crippen LogP contribution is 2.49. The second-order valence-corrected chi connectivity index (χ2v) is 6.62. The van der Waals surface area contributed by atoms with Crippen LogP contribution < -0.4 is 5.73 Å². The van der Waals surface area contributed by atoms with Gasteiger partial charge in [-0.25, -0.2) is 0 Å². The maximum Gasteiger partial charge on any atom is 0.0340 e. The zero-order valence-electron chi connectivity index (χ0n) is 11.9. The number of hydrogen-bond acceptors (Lipinski definition) is 2. The van der Waals surface area contributed by atoms with Crippen molar-refractivity contribution in [3.05, 3.63) is 0 Å². The third-order valence-electron chi connectivity index (χ3n) is 4.96. The zero-order valence-corrected chi connectivity index (χ0v) is 11.9. The lowest BCUT2D eigenvalue weighted by atomic mass is 9.63. The van der Waals surface area contributed by atoms with Crippen LogP contribution in [0, 0.1) is 11.8 Å². The van der Waals surface area contributed by atoms with E-state index in [1.165, 1.54) is 45.1 Å². The lowest BCUT2D eigenvalue weighted by Gasteiger charge is -2.56. The molecule has 0 aromatic rings. The second-order valence-electron chi connectivity index (χ2n) is 6.62. The van der Waals surface area contributed by atoms with Crippen molar-refractivity contribution in [1.29, 1.82) is 0 Å². The van der Waals surface area contributed by atoms with Crippen molar-refractivity contribution < 1.29 is 0 Å². The van der Waals surface area contributed by atoms with Crippen molar-refractivity contribution >= 4 is 0 Å². The summed E-state index contributed by atoms with van der Waals surface area (Å²) in [6.45, 7) is 9.16. The molecule has 0 bridgehead atoms. The first-order chi connectivity index (χ1) is 8.13. The Morgan fingerprint density at radius 2 is 1.94 bits per heavy atom. The Bertz CT molecular complexity index is 239. The predicted octanol–water partition coefficient (Wildman–Crippen LogP) is 3.01. The van der Waals surface area contributed by atoms with Crippen molar-refractivity contribution in [2.24, 2.45) is 17.6 Å². The van der Waals surface area contributed by atoms with Crippen LogP contribution in [0.5, 0.6) is 0 Å². The Kier molecular flexibility index (Phi) is 4.14. The van der Waals surface area contributed by atoms with E-state index in [2.05, 4.69) is 25.7 Å². The van der Waals surface area contributed by atoms with E-state index in [0.29, 0.717) is 5.54 Å². The van der Waals surface area contributed by atoms with E-state index in [1.807, 2.05) is 0 Å². The van der Waals surface area contributed by atoms with Crippen molar-refractivity contribution in [3.63, 3.8) is 0 Å². The Morgan fingerprint density at radius 1 is 1.29 bits per heavy atom. The van der Waals surface area contributed by atoms with Gasteiger partial charge in [-0.2, -0.15) is 0 Å². The fourth-order valence-corrected chi connectivity index (χ4v) is 3.43. The standard InChI is InChI=1S/C15H30N2/c1-4-5-8-17(14-6-7-14)15(11-16)9-13(10-15)12(2)3/h12-14H,4-11,16H2,1-3H3. The van der Waals surface area contributed by atoms with Crippen LogP contribution in [0.4, 0.5) is 0 Å². The summed E-state index contributed by atoms with van der Waals surface area (Å²) in [5.41, 5.74) is 6.51. The molecule has 0 heterocycles. The molecule has 100 valence electrons. The minimum atomic E-state index is 0.380. The van der Waals surface area contributed by atoms with Crippen molar-refractivity contribution in [2.75, 3.05) is 13.1 Å². The normalized spacial score (nSPS) is 33.2. The van der Waals surface area contributed by atoms with Crippen LogP contribution in [-0.2, 0) is 0 Å². The summed E-state index contributed by atoms with van der Waals surface area (Å²) in [5.74, 6) is 1.75. The molecule has 2 aliphatic rings. The topological polar surface area (TPSA) is 29.3 Å². The van der Waals surface area contributed by atoms with Gasteiger partial charge in [-0.3, -0.25) is 4.90 Å². The predicted molar refractivity (Wildman–Crippen MR) is 74.0 cm³/mol. The van der Waals surface area contributed by atoms with E-state index in [4.69, 9.17) is 5.73 Å². The van der Waals surface area contributed by atoms with Gasteiger partial charge in [0.15, 0.2) is 0 Å². The smallest absolute Gasteiger partial charge is 0.0340 e. The third-order valence-corrected chi connectivity index (χ3v) is 4.96. The molecule has 2 saturated carbocycles. The molecular formula is C15H30N2. The fraction of sp³-hybridized carbons (Fsp3) is 1.00. The van der Waals surface area contributed by atoms with Crippen molar-refractivity contribution in [1.82, 2.24) is 4.90 Å². The molecule has 0 atom stereocenters. The molecule has 0 aromatic heterocycles. The first kappa shape index (κ1) is 13.4. The molecule has 2 rings (SSSR count). The minimum absolute atomic E-state index is 0.380. The van der Waals surface area contributed by atoms with Gasteiger partial charge in [0.05, 0.1) is 0 Å². The fourth-order valence-electron chi connectivity index (χ4n) is 3.43. The second kappa shape index (κ2) is 5.27. The van der Waals surface area contributed by atoms with Gasteiger partial charge in [0.25, 0.3) is 0 Å². The lowest BCUT2D eigenvalue weighted by Crippen LogP contribution is -2.63. The van der Waals surface area contributed by atoms with E-state index >= 15 is 0 Å². The molecule has 0 spiro atoms. The van der Waals surface area contributed by atoms with Crippen molar-refractivity contribution in [2.45, 2.75) is 70.9 Å². The highest BCUT2D eigenvalue weighted by molar-refractivity contribution is 5.07. The lowest BCUT2D eigenvalue weighted by molar-refractivity contribution is -0.0412. The quantitative estimate of drug-likeness (QED) is 0.739. The van der Waals surface area contributed by atoms with Gasteiger partial charge in [-0.05, 0) is 50.5 Å². The minimum Gasteiger partial charge on any atom is -0.329 e. The van der Waals surface area contributed by atoms with E-state index in [1.54, 1.807) is 0 Å². The third kappa shape index (κ3) is 2.68. The summed E-state index contributed by atoms with van der Waals surface area (Å²) in [7, 11) is 0. The Balaban J connectivity index is 1.95. The summed E-state index contributed by atoms with van der Waals surface area (Å²) in [5, 5.41) is 0. The monoisotopic (exact) mass is 238 g/mol. The van der Waals surface area contributed by atoms with Crippen molar-refractivity contribution in [3.8, 4) is 0 Å². The highest BCUT2D eigenvalue weighted by atomic mass is 15.3. The van der Waals surface area contributed by atoms with Crippen LogP contribution in [0.3, 0.4) is 0 Å². The van der Waals surface area contributed by atoms with Crippen LogP contribution >= 0.6 is 0 Å². The molecule has 0 amide bonds. The van der Waals surface area contributed by atoms with E-state index in [9.17, 15) is 0 Å². The Hall–Kier alpha value is -0.0800. The molecule has 0 radical (unpaired) electrons. The number of rotatable bonds is 7. The van der Waals surface area contributed by atoms with Gasteiger partial charge < -0.3 is 5.73 Å². The molecule has 2 nitrogen and oxygen atoms in total. The highest BCUT2D eigenvalue weighted by Gasteiger charge is 2.51. The summed E-state index contributed by atoms with van der Waals surface area (Å²) >= 11 is 0. The zero-order chi connectivity index (χ0) is 12.5. The number of nitrogens with two attached hydrogens (primary N) is 1. The molecule has 0 saturated heterocycles. The molecule has 2 N–H and O–H groups in total. The van der Waals surface area contributed by atoms with Gasteiger partial charge in [-0.1, -0.05) is 27.2 Å². The Morgan fingerprint density at radius 3 is 2.35 bits per heavy atom. The van der Waals surface area contributed by atoms with Gasteiger partial charge in [-0.15, -0.1) is 0 Å². The molecule has 2 heteroatoms. The summed E-state index contributed by atoms with van der Waals surface area (Å²) in [6, 6.07) is 0.873. The largest absolute Gasteiger partial charge is 0.329 e. The van der Waals surface area contributed by atoms with Gasteiger partial charge in [0.1, 0.15) is 0 Å². The average molecular weight is 238 g/mol. The van der Waals surface area contributed by atoms with E-state index in [0.717, 1.165) is 24.4 Å². The van der Waals surface area contributed by atoms with E-state index < -0.39 is 0 Å². The molecule has 2 aliphatic carbocycles. The molecule has 0 unspecified atom stereocenters. The van der Waals surface area contributed by atoms with E-state index in [-0.39, 0.29) is 0 Å². The first-order valence-corrected chi connectivity index (χ1v) is 7.60. The molecule has 0 aromatic carbocycles. The van der Waals surface area contributed by atoms with Crippen LogP contribution in [-0.4, -0.2) is 29.6 Å². The van der Waals surface area contributed by atoms with Gasteiger partial charge in [0.2, 0.25) is 0 Å². The van der Waals surface area contributed by atoms with Crippen LogP contribution in [0.25, 0.3) is 0 Å². The number of hydrogen-bond donors (Lipinski definition) is 1. The maximum absolute atomic E-state index is 6.13. The summed E-state index contributed by atoms with van der Waals surface area (Å²) in [4.78, 5) is 2.79. The molecule has 2 fully saturated rings. The Labute approximate surface area is 107 Å². The average Bonchev–Trinajstić information content (AvgIpc) is 3.04. The SMILES string of the molecule is CCCCN(C1CC1)C1(CN)CC(C(C)C)C1. The molecular weight excluding hydrogens is 208 g/mol. The van der Waals surface area contributed by atoms with Gasteiger partial charge >= 0.3 is 0 Å². The summed E-state index contributed by atoms with van der Waals surface area (Å²) < 4.78 is 0. The van der Waals surface area contributed by atoms with Crippen LogP contribution in [0.2, 0.25) is 0 Å². The molecule has 0 aliphatic heterocycles. The molecule has 17 heavy (non-hydrogen) atoms. The first-order valence-electron chi connectivity index (χ1n) is 7.60. The van der Waals surface area contributed by atoms with Crippen LogP contribution in [0.15, 0.2) is 0 Å². The van der Waals surface area contributed by atoms with Crippen LogP contribution in [0.1, 0.15) is 59.3 Å². The van der Waals surface area contributed by atoms with Gasteiger partial charge in [0, 0.05) is 18.1 Å². The number of unbranched alkanes of at least 4 members (excludes halogenated alkanes) is 1.